The molecule has 31 heavy (non-hydrogen) atoms. The highest BCUT2D eigenvalue weighted by molar-refractivity contribution is 5.80. The molecule has 2 heterocycles. The Morgan fingerprint density at radius 2 is 2.03 bits per heavy atom. The monoisotopic (exact) mass is 422 g/mol. The molecular weight excluding hydrogens is 388 g/mol. The van der Waals surface area contributed by atoms with Crippen molar-refractivity contribution in [3.8, 4) is 5.75 Å². The van der Waals surface area contributed by atoms with E-state index in [4.69, 9.17) is 9.47 Å². The molecule has 2 aromatic rings. The van der Waals surface area contributed by atoms with Gasteiger partial charge in [-0.3, -0.25) is 4.99 Å². The van der Waals surface area contributed by atoms with Gasteiger partial charge in [-0.1, -0.05) is 30.3 Å². The van der Waals surface area contributed by atoms with Crippen LogP contribution in [0.4, 0.5) is 5.69 Å². The van der Waals surface area contributed by atoms with Gasteiger partial charge in [0.25, 0.3) is 0 Å². The number of guanidine groups is 1. The zero-order valence-electron chi connectivity index (χ0n) is 18.9. The van der Waals surface area contributed by atoms with Gasteiger partial charge in [-0.25, -0.2) is 0 Å². The molecule has 0 saturated carbocycles. The van der Waals surface area contributed by atoms with E-state index in [1.165, 1.54) is 23.2 Å². The Kier molecular flexibility index (Phi) is 6.97. The third-order valence-electron chi connectivity index (χ3n) is 6.37. The molecule has 0 radical (unpaired) electrons. The number of hydrogen-bond acceptors (Lipinski definition) is 4. The normalized spacial score (nSPS) is 22.0. The standard InChI is InChI=1S/C25H34N4O2/c1-19-7-4-5-10-23(19)24-18-29(13-14-31-24)25(26-2)27-16-20-11-12-28(17-20)21-8-6-9-22(15-21)30-3/h4-10,15,20,24H,11-14,16-18H2,1-3H3,(H,26,27). The van der Waals surface area contributed by atoms with Crippen LogP contribution in [0.1, 0.15) is 23.7 Å². The Bertz CT molecular complexity index is 901. The van der Waals surface area contributed by atoms with E-state index < -0.39 is 0 Å². The van der Waals surface area contributed by atoms with Gasteiger partial charge in [0, 0.05) is 45.0 Å². The highest BCUT2D eigenvalue weighted by Gasteiger charge is 2.27. The third kappa shape index (κ3) is 5.13. The first-order valence-corrected chi connectivity index (χ1v) is 11.2. The first kappa shape index (κ1) is 21.5. The van der Waals surface area contributed by atoms with E-state index in [1.54, 1.807) is 7.11 Å². The molecule has 6 heteroatoms. The second-order valence-electron chi connectivity index (χ2n) is 8.39. The smallest absolute Gasteiger partial charge is 0.193 e. The molecule has 2 aliphatic heterocycles. The quantitative estimate of drug-likeness (QED) is 0.591. The molecule has 2 aliphatic rings. The molecule has 2 unspecified atom stereocenters. The van der Waals surface area contributed by atoms with Crippen molar-refractivity contribution in [2.45, 2.75) is 19.4 Å². The highest BCUT2D eigenvalue weighted by Crippen LogP contribution is 2.27. The van der Waals surface area contributed by atoms with Gasteiger partial charge in [-0.2, -0.15) is 0 Å². The lowest BCUT2D eigenvalue weighted by atomic mass is 10.0. The van der Waals surface area contributed by atoms with Crippen LogP contribution in [0.25, 0.3) is 0 Å². The predicted molar refractivity (Wildman–Crippen MR) is 126 cm³/mol. The lowest BCUT2D eigenvalue weighted by Gasteiger charge is -2.36. The molecule has 0 bridgehead atoms. The number of aliphatic imine (C=N–C) groups is 1. The van der Waals surface area contributed by atoms with Crippen LogP contribution in [0.5, 0.6) is 5.75 Å². The van der Waals surface area contributed by atoms with Crippen LogP contribution in [0.3, 0.4) is 0 Å². The minimum Gasteiger partial charge on any atom is -0.497 e. The Morgan fingerprint density at radius 1 is 1.16 bits per heavy atom. The lowest BCUT2D eigenvalue weighted by molar-refractivity contribution is -0.00835. The van der Waals surface area contributed by atoms with Crippen molar-refractivity contribution < 1.29 is 9.47 Å². The Morgan fingerprint density at radius 3 is 2.84 bits per heavy atom. The Balaban J connectivity index is 1.32. The number of nitrogens with zero attached hydrogens (tertiary/aromatic N) is 3. The minimum absolute atomic E-state index is 0.0866. The van der Waals surface area contributed by atoms with Gasteiger partial charge >= 0.3 is 0 Å². The molecule has 0 aliphatic carbocycles. The van der Waals surface area contributed by atoms with Gasteiger partial charge in [-0.15, -0.1) is 0 Å². The van der Waals surface area contributed by atoms with Crippen molar-refractivity contribution in [3.05, 3.63) is 59.7 Å². The number of rotatable bonds is 5. The average molecular weight is 423 g/mol. The van der Waals surface area contributed by atoms with Gasteiger partial charge in [0.15, 0.2) is 5.96 Å². The number of ether oxygens (including phenoxy) is 2. The number of morpholine rings is 1. The van der Waals surface area contributed by atoms with E-state index in [1.807, 2.05) is 13.1 Å². The van der Waals surface area contributed by atoms with Crippen molar-refractivity contribution in [1.29, 1.82) is 0 Å². The first-order valence-electron chi connectivity index (χ1n) is 11.2. The summed E-state index contributed by atoms with van der Waals surface area (Å²) in [4.78, 5) is 9.34. The highest BCUT2D eigenvalue weighted by atomic mass is 16.5. The van der Waals surface area contributed by atoms with Gasteiger partial charge in [0.1, 0.15) is 11.9 Å². The van der Waals surface area contributed by atoms with Crippen LogP contribution < -0.4 is 15.0 Å². The molecule has 0 amide bonds. The second-order valence-corrected chi connectivity index (χ2v) is 8.39. The zero-order valence-corrected chi connectivity index (χ0v) is 18.9. The van der Waals surface area contributed by atoms with Gasteiger partial charge < -0.3 is 24.6 Å². The fourth-order valence-electron chi connectivity index (χ4n) is 4.59. The van der Waals surface area contributed by atoms with Crippen LogP contribution in [0.2, 0.25) is 0 Å². The van der Waals surface area contributed by atoms with E-state index in [0.29, 0.717) is 12.5 Å². The van der Waals surface area contributed by atoms with E-state index in [2.05, 4.69) is 69.5 Å². The third-order valence-corrected chi connectivity index (χ3v) is 6.37. The average Bonchev–Trinajstić information content (AvgIpc) is 3.29. The summed E-state index contributed by atoms with van der Waals surface area (Å²) in [7, 11) is 3.59. The van der Waals surface area contributed by atoms with E-state index in [0.717, 1.165) is 44.4 Å². The maximum Gasteiger partial charge on any atom is 0.193 e. The van der Waals surface area contributed by atoms with Crippen molar-refractivity contribution in [2.24, 2.45) is 10.9 Å². The summed E-state index contributed by atoms with van der Waals surface area (Å²) in [6, 6.07) is 16.8. The van der Waals surface area contributed by atoms with Gasteiger partial charge in [0.2, 0.25) is 0 Å². The molecule has 0 aromatic heterocycles. The maximum atomic E-state index is 6.09. The minimum atomic E-state index is 0.0866. The van der Waals surface area contributed by atoms with Crippen LogP contribution in [0.15, 0.2) is 53.5 Å². The number of aryl methyl sites for hydroxylation is 1. The van der Waals surface area contributed by atoms with Crippen molar-refractivity contribution in [3.63, 3.8) is 0 Å². The van der Waals surface area contributed by atoms with Gasteiger partial charge in [0.05, 0.1) is 20.3 Å². The van der Waals surface area contributed by atoms with Crippen molar-refractivity contribution in [1.82, 2.24) is 10.2 Å². The molecule has 1 N–H and O–H groups in total. The molecular formula is C25H34N4O2. The van der Waals surface area contributed by atoms with Crippen LogP contribution in [-0.4, -0.2) is 64.3 Å². The van der Waals surface area contributed by atoms with Crippen molar-refractivity contribution >= 4 is 11.6 Å². The fourth-order valence-corrected chi connectivity index (χ4v) is 4.59. The number of benzene rings is 2. The Hall–Kier alpha value is -2.73. The van der Waals surface area contributed by atoms with Crippen LogP contribution >= 0.6 is 0 Å². The maximum absolute atomic E-state index is 6.09. The molecule has 4 rings (SSSR count). The van der Waals surface area contributed by atoms with Crippen LogP contribution in [-0.2, 0) is 4.74 Å². The van der Waals surface area contributed by atoms with Gasteiger partial charge in [-0.05, 0) is 42.5 Å². The molecule has 2 fully saturated rings. The molecule has 166 valence electrons. The van der Waals surface area contributed by atoms with Crippen LogP contribution in [0, 0.1) is 12.8 Å². The summed E-state index contributed by atoms with van der Waals surface area (Å²) in [5, 5.41) is 3.63. The lowest BCUT2D eigenvalue weighted by Crippen LogP contribution is -2.49. The first-order chi connectivity index (χ1) is 15.2. The molecule has 2 aromatic carbocycles. The number of nitrogens with one attached hydrogen (secondary N) is 1. The summed E-state index contributed by atoms with van der Waals surface area (Å²) in [5.41, 5.74) is 3.79. The molecule has 2 saturated heterocycles. The van der Waals surface area contributed by atoms with E-state index >= 15 is 0 Å². The summed E-state index contributed by atoms with van der Waals surface area (Å²) in [5.74, 6) is 2.48. The largest absolute Gasteiger partial charge is 0.497 e. The number of methoxy groups -OCH3 is 1. The van der Waals surface area contributed by atoms with E-state index in [-0.39, 0.29) is 6.10 Å². The Labute approximate surface area is 185 Å². The number of hydrogen-bond donors (Lipinski definition) is 1. The summed E-state index contributed by atoms with van der Waals surface area (Å²) < 4.78 is 11.5. The SMILES string of the molecule is CN=C(NCC1CCN(c2cccc(OC)c2)C1)N1CCOC(c2ccccc2C)C1. The predicted octanol–water partition coefficient (Wildman–Crippen LogP) is 3.48. The molecule has 0 spiro atoms. The summed E-state index contributed by atoms with van der Waals surface area (Å²) in [6.07, 6.45) is 1.26. The summed E-state index contributed by atoms with van der Waals surface area (Å²) >= 11 is 0. The zero-order chi connectivity index (χ0) is 21.6. The second kappa shape index (κ2) is 10.1. The molecule has 6 nitrogen and oxygen atoms in total. The topological polar surface area (TPSA) is 49.3 Å². The molecule has 2 atom stereocenters. The fraction of sp³-hybridized carbons (Fsp3) is 0.480. The summed E-state index contributed by atoms with van der Waals surface area (Å²) in [6.45, 7) is 7.61. The van der Waals surface area contributed by atoms with Crippen molar-refractivity contribution in [2.75, 3.05) is 58.4 Å². The van der Waals surface area contributed by atoms with E-state index in [9.17, 15) is 0 Å². The number of anilines is 1.